The predicted molar refractivity (Wildman–Crippen MR) is 147 cm³/mol. The Hall–Kier alpha value is -2.13. The number of carbonyl (C=O) groups is 1. The van der Waals surface area contributed by atoms with Crippen LogP contribution in [-0.4, -0.2) is 60.9 Å². The zero-order chi connectivity index (χ0) is 28.1. The van der Waals surface area contributed by atoms with Crippen LogP contribution in [0.4, 0.5) is 14.5 Å². The van der Waals surface area contributed by atoms with E-state index in [9.17, 15) is 18.7 Å². The van der Waals surface area contributed by atoms with Crippen LogP contribution in [0.5, 0.6) is 5.75 Å². The molecule has 1 N–H and O–H groups in total. The number of nitrogens with zero attached hydrogens (tertiary/aromatic N) is 2. The van der Waals surface area contributed by atoms with Gasteiger partial charge in [0.05, 0.1) is 23.7 Å². The van der Waals surface area contributed by atoms with Crippen LogP contribution in [0, 0.1) is 18.3 Å². The first-order valence-electron chi connectivity index (χ1n) is 13.3. The van der Waals surface area contributed by atoms with Gasteiger partial charge in [0.25, 0.3) is 6.43 Å². The molecule has 2 atom stereocenters. The van der Waals surface area contributed by atoms with Crippen LogP contribution in [0.1, 0.15) is 55.9 Å². The van der Waals surface area contributed by atoms with E-state index in [1.165, 1.54) is 0 Å². The highest BCUT2D eigenvalue weighted by Crippen LogP contribution is 2.45. The van der Waals surface area contributed by atoms with Crippen molar-refractivity contribution in [2.24, 2.45) is 11.3 Å². The summed E-state index contributed by atoms with van der Waals surface area (Å²) in [5.74, 6) is -0.265. The van der Waals surface area contributed by atoms with Crippen LogP contribution in [0.15, 0.2) is 30.3 Å². The van der Waals surface area contributed by atoms with Gasteiger partial charge in [-0.3, -0.25) is 9.69 Å². The molecule has 2 saturated heterocycles. The molecule has 10 heteroatoms. The lowest BCUT2D eigenvalue weighted by atomic mass is 9.66. The molecule has 2 aliphatic heterocycles. The fraction of sp³-hybridized carbons (Fsp3) is 0.552. The molecule has 5 rings (SSSR count). The smallest absolute Gasteiger partial charge is 0.309 e. The number of ether oxygens (including phenoxy) is 2. The summed E-state index contributed by atoms with van der Waals surface area (Å²) in [6.07, 6.45) is -1.83. The van der Waals surface area contributed by atoms with Crippen LogP contribution in [0.25, 0.3) is 0 Å². The van der Waals surface area contributed by atoms with E-state index in [0.29, 0.717) is 46.5 Å². The highest BCUT2D eigenvalue weighted by atomic mass is 35.5. The lowest BCUT2D eigenvalue weighted by Crippen LogP contribution is -2.61. The summed E-state index contributed by atoms with van der Waals surface area (Å²) in [4.78, 5) is 16.0. The van der Waals surface area contributed by atoms with E-state index in [1.807, 2.05) is 6.92 Å². The largest absolute Gasteiger partial charge is 0.485 e. The molecule has 2 aromatic rings. The van der Waals surface area contributed by atoms with Crippen LogP contribution >= 0.6 is 23.2 Å². The van der Waals surface area contributed by atoms with Gasteiger partial charge in [-0.25, -0.2) is 8.78 Å². The van der Waals surface area contributed by atoms with Gasteiger partial charge in [0.1, 0.15) is 11.9 Å². The van der Waals surface area contributed by atoms with Crippen molar-refractivity contribution < 1.29 is 28.2 Å². The Balaban J connectivity index is 1.25. The molecule has 0 radical (unpaired) electrons. The molecular formula is C29H34Cl2F2N2O4. The van der Waals surface area contributed by atoms with Crippen molar-refractivity contribution in [1.82, 2.24) is 4.90 Å². The highest BCUT2D eigenvalue weighted by Gasteiger charge is 2.50. The molecular weight excluding hydrogens is 549 g/mol. The van der Waals surface area contributed by atoms with E-state index in [-0.39, 0.29) is 23.5 Å². The number of benzene rings is 2. The van der Waals surface area contributed by atoms with Crippen LogP contribution in [-0.2, 0) is 9.53 Å². The number of alkyl halides is 2. The molecule has 3 fully saturated rings. The molecule has 0 aromatic heterocycles. The number of aryl methyl sites for hydroxylation is 1. The summed E-state index contributed by atoms with van der Waals surface area (Å²) >= 11 is 12.3. The molecule has 0 unspecified atom stereocenters. The fourth-order valence-corrected chi connectivity index (χ4v) is 6.64. The summed E-state index contributed by atoms with van der Waals surface area (Å²) < 4.78 is 40.3. The van der Waals surface area contributed by atoms with Gasteiger partial charge in [0.15, 0.2) is 0 Å². The number of morpholine rings is 1. The topological polar surface area (TPSA) is 62.2 Å². The number of halogens is 4. The van der Waals surface area contributed by atoms with Crippen molar-refractivity contribution in [2.75, 3.05) is 37.7 Å². The number of rotatable bonds is 8. The molecule has 2 heterocycles. The van der Waals surface area contributed by atoms with Gasteiger partial charge in [0, 0.05) is 65.5 Å². The lowest BCUT2D eigenvalue weighted by molar-refractivity contribution is -0.161. The SMILES string of the molecule is Cc1cc(N2CC([C@@H]3CN(C4CC(C)(C(=O)O)C4)CCO3)C2)cc(O[C@H](C)c2ccc(Cl)cc2Cl)c1C(F)F. The minimum Gasteiger partial charge on any atom is -0.485 e. The van der Waals surface area contributed by atoms with Gasteiger partial charge < -0.3 is 19.5 Å². The Kier molecular flexibility index (Phi) is 8.04. The molecule has 6 nitrogen and oxygen atoms in total. The van der Waals surface area contributed by atoms with Crippen molar-refractivity contribution in [3.05, 3.63) is 57.1 Å². The minimum absolute atomic E-state index is 0.0657. The molecule has 212 valence electrons. The lowest BCUT2D eigenvalue weighted by Gasteiger charge is -2.52. The second-order valence-corrected chi connectivity index (χ2v) is 12.2. The number of aliphatic carboxylic acids is 1. The van der Waals surface area contributed by atoms with E-state index < -0.39 is 23.9 Å². The van der Waals surface area contributed by atoms with Crippen LogP contribution in [0.2, 0.25) is 10.0 Å². The first kappa shape index (κ1) is 28.4. The number of anilines is 1. The van der Waals surface area contributed by atoms with E-state index in [1.54, 1.807) is 44.2 Å². The number of hydrogen-bond donors (Lipinski definition) is 1. The van der Waals surface area contributed by atoms with Gasteiger partial charge in [0.2, 0.25) is 0 Å². The van der Waals surface area contributed by atoms with Gasteiger partial charge in [-0.05, 0) is 57.4 Å². The van der Waals surface area contributed by atoms with Crippen molar-refractivity contribution in [1.29, 1.82) is 0 Å². The summed E-state index contributed by atoms with van der Waals surface area (Å²) in [5.41, 5.74) is 1.24. The maximum atomic E-state index is 14.0. The molecule has 3 aliphatic rings. The van der Waals surface area contributed by atoms with E-state index in [2.05, 4.69) is 9.80 Å². The number of carboxylic acid groups (broad SMARTS) is 1. The molecule has 1 aliphatic carbocycles. The summed E-state index contributed by atoms with van der Waals surface area (Å²) in [5, 5.41) is 10.3. The molecule has 0 amide bonds. The molecule has 0 bridgehead atoms. The molecule has 2 aromatic carbocycles. The highest BCUT2D eigenvalue weighted by molar-refractivity contribution is 6.35. The van der Waals surface area contributed by atoms with E-state index >= 15 is 0 Å². The zero-order valence-electron chi connectivity index (χ0n) is 22.3. The van der Waals surface area contributed by atoms with Gasteiger partial charge in [-0.15, -0.1) is 0 Å². The van der Waals surface area contributed by atoms with Crippen LogP contribution < -0.4 is 9.64 Å². The Morgan fingerprint density at radius 1 is 1.18 bits per heavy atom. The summed E-state index contributed by atoms with van der Waals surface area (Å²) in [7, 11) is 0. The third-order valence-corrected chi connectivity index (χ3v) is 9.15. The Morgan fingerprint density at radius 2 is 1.90 bits per heavy atom. The summed E-state index contributed by atoms with van der Waals surface area (Å²) in [6.45, 7) is 9.02. The number of carboxylic acids is 1. The normalized spacial score (nSPS) is 26.7. The third-order valence-electron chi connectivity index (χ3n) is 8.59. The zero-order valence-corrected chi connectivity index (χ0v) is 23.8. The predicted octanol–water partition coefficient (Wildman–Crippen LogP) is 6.77. The molecule has 1 saturated carbocycles. The Bertz CT molecular complexity index is 1230. The maximum Gasteiger partial charge on any atom is 0.309 e. The molecule has 39 heavy (non-hydrogen) atoms. The van der Waals surface area contributed by atoms with Gasteiger partial charge in [-0.1, -0.05) is 29.3 Å². The first-order chi connectivity index (χ1) is 18.4. The standard InChI is InChI=1S/C29H34Cl2F2N2O4/c1-16-8-20(10-24(26(16)27(32)33)39-17(2)22-5-4-19(30)9-23(22)31)35-13-18(14-35)25-15-34(6-7-38-25)21-11-29(3,12-21)28(36)37/h4-5,8-10,17-18,21,25,27H,6-7,11-15H2,1-3H3,(H,36,37)/t17-,21?,25+,29?/m1/s1. The van der Waals surface area contributed by atoms with E-state index in [0.717, 1.165) is 31.9 Å². The molecule has 0 spiro atoms. The van der Waals surface area contributed by atoms with Crippen LogP contribution in [0.3, 0.4) is 0 Å². The van der Waals surface area contributed by atoms with Crippen molar-refractivity contribution in [3.63, 3.8) is 0 Å². The maximum absolute atomic E-state index is 14.0. The fourth-order valence-electron chi connectivity index (χ4n) is 6.08. The second kappa shape index (κ2) is 11.0. The quantitative estimate of drug-likeness (QED) is 0.370. The van der Waals surface area contributed by atoms with Gasteiger partial charge in [-0.2, -0.15) is 0 Å². The minimum atomic E-state index is -2.68. The first-order valence-corrected chi connectivity index (χ1v) is 14.1. The Labute approximate surface area is 237 Å². The third kappa shape index (κ3) is 5.71. The number of hydrogen-bond acceptors (Lipinski definition) is 5. The average molecular weight is 584 g/mol. The Morgan fingerprint density at radius 3 is 2.54 bits per heavy atom. The van der Waals surface area contributed by atoms with Crippen molar-refractivity contribution >= 4 is 34.9 Å². The second-order valence-electron chi connectivity index (χ2n) is 11.4. The monoisotopic (exact) mass is 582 g/mol. The van der Waals surface area contributed by atoms with Gasteiger partial charge >= 0.3 is 5.97 Å². The van der Waals surface area contributed by atoms with Crippen molar-refractivity contribution in [3.8, 4) is 5.75 Å². The average Bonchev–Trinajstić information content (AvgIpc) is 2.80. The van der Waals surface area contributed by atoms with E-state index in [4.69, 9.17) is 32.7 Å². The summed E-state index contributed by atoms with van der Waals surface area (Å²) in [6, 6.07) is 8.82. The van der Waals surface area contributed by atoms with Crippen molar-refractivity contribution in [2.45, 2.75) is 58.3 Å².